The summed E-state index contributed by atoms with van der Waals surface area (Å²) in [5, 5.41) is 2.29. The van der Waals surface area contributed by atoms with Crippen LogP contribution in [0.1, 0.15) is 32.8 Å². The molecule has 0 heterocycles. The monoisotopic (exact) mass is 315 g/mol. The molecule has 0 fully saturated rings. The molecule has 0 unspecified atom stereocenters. The van der Waals surface area contributed by atoms with Crippen molar-refractivity contribution >= 4 is 17.6 Å². The van der Waals surface area contributed by atoms with Crippen molar-refractivity contribution in [1.29, 1.82) is 0 Å². The summed E-state index contributed by atoms with van der Waals surface area (Å²) >= 11 is 0. The average Bonchev–Trinajstić information content (AvgIpc) is 2.55. The lowest BCUT2D eigenvalue weighted by Crippen LogP contribution is -2.37. The fourth-order valence-corrected chi connectivity index (χ4v) is 2.10. The molecule has 0 aliphatic carbocycles. The number of hydrogen-bond donors (Lipinski definition) is 1. The first-order valence-electron chi connectivity index (χ1n) is 7.78. The highest BCUT2D eigenvalue weighted by atomic mass is 16.5. The molecule has 0 aliphatic rings. The van der Waals surface area contributed by atoms with Crippen molar-refractivity contribution in [3.8, 4) is 0 Å². The van der Waals surface area contributed by atoms with Crippen LogP contribution in [0.25, 0.3) is 5.57 Å². The molecule has 1 rings (SSSR count). The molecule has 1 N–H and O–H groups in total. The molecule has 0 radical (unpaired) electrons. The van der Waals surface area contributed by atoms with E-state index in [1.54, 1.807) is 13.0 Å². The second kappa shape index (κ2) is 9.62. The third kappa shape index (κ3) is 6.10. The van der Waals surface area contributed by atoms with E-state index in [1.165, 1.54) is 0 Å². The van der Waals surface area contributed by atoms with Crippen LogP contribution in [-0.2, 0) is 9.53 Å². The largest absolute Gasteiger partial charge is 0.444 e. The average molecular weight is 315 g/mol. The quantitative estimate of drug-likeness (QED) is 0.768. The smallest absolute Gasteiger partial charge is 0.414 e. The number of carbonyl (C=O) groups is 2. The number of rotatable bonds is 7. The fourth-order valence-electron chi connectivity index (χ4n) is 2.10. The molecule has 1 aromatic carbocycles. The van der Waals surface area contributed by atoms with E-state index >= 15 is 0 Å². The molecule has 0 bridgehead atoms. The second-order valence-corrected chi connectivity index (χ2v) is 5.54. The van der Waals surface area contributed by atoms with Gasteiger partial charge in [0.05, 0.1) is 0 Å². The van der Waals surface area contributed by atoms with Crippen LogP contribution in [0, 0.1) is 11.8 Å². The van der Waals surface area contributed by atoms with Crippen molar-refractivity contribution in [3.05, 3.63) is 54.6 Å². The Morgan fingerprint density at radius 3 is 2.48 bits per heavy atom. The summed E-state index contributed by atoms with van der Waals surface area (Å²) < 4.78 is 5.15. The van der Waals surface area contributed by atoms with Crippen LogP contribution in [0.3, 0.4) is 0 Å². The first-order chi connectivity index (χ1) is 11.0. The minimum absolute atomic E-state index is 0.121. The molecule has 124 valence electrons. The molecule has 0 aliphatic heterocycles. The predicted molar refractivity (Wildman–Crippen MR) is 92.7 cm³/mol. The zero-order chi connectivity index (χ0) is 17.2. The molecular formula is C19H25NO3. The summed E-state index contributed by atoms with van der Waals surface area (Å²) in [4.78, 5) is 23.8. The van der Waals surface area contributed by atoms with E-state index in [1.807, 2.05) is 50.3 Å². The van der Waals surface area contributed by atoms with Gasteiger partial charge in [-0.15, -0.1) is 6.58 Å². The molecule has 1 aromatic rings. The second-order valence-electron chi connectivity index (χ2n) is 5.54. The Morgan fingerprint density at radius 1 is 1.26 bits per heavy atom. The van der Waals surface area contributed by atoms with Crippen LogP contribution in [0.15, 0.2) is 49.1 Å². The van der Waals surface area contributed by atoms with Gasteiger partial charge in [-0.05, 0) is 30.4 Å². The normalized spacial score (nSPS) is 13.8. The molecule has 2 atom stereocenters. The van der Waals surface area contributed by atoms with Crippen LogP contribution in [-0.4, -0.2) is 18.6 Å². The van der Waals surface area contributed by atoms with Crippen LogP contribution >= 0.6 is 0 Å². The number of imide groups is 1. The molecular weight excluding hydrogens is 290 g/mol. The molecule has 4 heteroatoms. The Kier molecular flexibility index (Phi) is 7.81. The number of amides is 2. The van der Waals surface area contributed by atoms with Crippen molar-refractivity contribution in [3.63, 3.8) is 0 Å². The van der Waals surface area contributed by atoms with Gasteiger partial charge in [-0.25, -0.2) is 4.79 Å². The van der Waals surface area contributed by atoms with Crippen molar-refractivity contribution in [2.45, 2.75) is 27.2 Å². The lowest BCUT2D eigenvalue weighted by molar-refractivity contribution is -0.125. The number of benzene rings is 1. The lowest BCUT2D eigenvalue weighted by atomic mass is 9.92. The maximum absolute atomic E-state index is 12.0. The SMILES string of the molecule is C=CC[C@H](C)[C@@H](C)C(=O)NC(=O)OC/C(=C/C)c1ccccc1. The number of ether oxygens (including phenoxy) is 1. The number of carbonyl (C=O) groups excluding carboxylic acids is 2. The highest BCUT2D eigenvalue weighted by molar-refractivity contribution is 5.93. The van der Waals surface area contributed by atoms with E-state index in [2.05, 4.69) is 11.9 Å². The van der Waals surface area contributed by atoms with Crippen molar-refractivity contribution < 1.29 is 14.3 Å². The summed E-state index contributed by atoms with van der Waals surface area (Å²) in [6, 6.07) is 9.66. The summed E-state index contributed by atoms with van der Waals surface area (Å²) in [6.07, 6.45) is 3.66. The summed E-state index contributed by atoms with van der Waals surface area (Å²) in [7, 11) is 0. The predicted octanol–water partition coefficient (Wildman–Crippen LogP) is 4.19. The van der Waals surface area contributed by atoms with Gasteiger partial charge in [-0.3, -0.25) is 10.1 Å². The zero-order valence-electron chi connectivity index (χ0n) is 14.0. The summed E-state index contributed by atoms with van der Waals surface area (Å²) in [5.74, 6) is -0.488. The number of hydrogen-bond acceptors (Lipinski definition) is 3. The summed E-state index contributed by atoms with van der Waals surface area (Å²) in [5.41, 5.74) is 1.88. The van der Waals surface area contributed by atoms with Crippen molar-refractivity contribution in [2.24, 2.45) is 11.8 Å². The lowest BCUT2D eigenvalue weighted by Gasteiger charge is -2.17. The minimum atomic E-state index is -0.720. The van der Waals surface area contributed by atoms with Gasteiger partial charge in [-0.2, -0.15) is 0 Å². The van der Waals surface area contributed by atoms with Gasteiger partial charge in [0, 0.05) is 5.92 Å². The van der Waals surface area contributed by atoms with Crippen LogP contribution in [0.5, 0.6) is 0 Å². The van der Waals surface area contributed by atoms with Gasteiger partial charge in [0.15, 0.2) is 0 Å². The van der Waals surface area contributed by atoms with Crippen molar-refractivity contribution in [1.82, 2.24) is 5.32 Å². The van der Waals surface area contributed by atoms with E-state index in [-0.39, 0.29) is 24.3 Å². The highest BCUT2D eigenvalue weighted by Gasteiger charge is 2.21. The Hall–Kier alpha value is -2.36. The fraction of sp³-hybridized carbons (Fsp3) is 0.368. The third-order valence-electron chi connectivity index (χ3n) is 3.88. The van der Waals surface area contributed by atoms with E-state index in [0.717, 1.165) is 17.6 Å². The minimum Gasteiger partial charge on any atom is -0.444 e. The Labute approximate surface area is 138 Å². The molecule has 0 spiro atoms. The molecule has 23 heavy (non-hydrogen) atoms. The van der Waals surface area contributed by atoms with E-state index < -0.39 is 6.09 Å². The van der Waals surface area contributed by atoms with Crippen LogP contribution < -0.4 is 5.32 Å². The molecule has 0 aromatic heterocycles. The zero-order valence-corrected chi connectivity index (χ0v) is 14.0. The van der Waals surface area contributed by atoms with Crippen LogP contribution in [0.2, 0.25) is 0 Å². The maximum atomic E-state index is 12.0. The maximum Gasteiger partial charge on any atom is 0.414 e. The Morgan fingerprint density at radius 2 is 1.91 bits per heavy atom. The van der Waals surface area contributed by atoms with Crippen molar-refractivity contribution in [2.75, 3.05) is 6.61 Å². The Bertz CT molecular complexity index is 563. The topological polar surface area (TPSA) is 55.4 Å². The molecule has 2 amide bonds. The van der Waals surface area contributed by atoms with E-state index in [0.29, 0.717) is 0 Å². The number of nitrogens with one attached hydrogen (secondary N) is 1. The number of allylic oxidation sites excluding steroid dienone is 2. The molecule has 0 saturated carbocycles. The highest BCUT2D eigenvalue weighted by Crippen LogP contribution is 2.16. The van der Waals surface area contributed by atoms with E-state index in [4.69, 9.17) is 4.74 Å². The standard InChI is InChI=1S/C19H25NO3/c1-5-10-14(3)15(4)18(21)20-19(22)23-13-16(6-2)17-11-8-7-9-12-17/h5-9,11-12,14-15H,1,10,13H2,2-4H3,(H,20,21,22)/b16-6-/t14-,15+/m0/s1. The third-order valence-corrected chi connectivity index (χ3v) is 3.88. The van der Waals surface area contributed by atoms with Gasteiger partial charge in [0.2, 0.25) is 5.91 Å². The van der Waals surface area contributed by atoms with E-state index in [9.17, 15) is 9.59 Å². The first kappa shape index (κ1) is 18.7. The molecule has 4 nitrogen and oxygen atoms in total. The molecule has 0 saturated heterocycles. The van der Waals surface area contributed by atoms with Gasteiger partial charge >= 0.3 is 6.09 Å². The Balaban J connectivity index is 2.50. The van der Waals surface area contributed by atoms with Crippen LogP contribution in [0.4, 0.5) is 4.79 Å². The number of alkyl carbamates (subject to hydrolysis) is 1. The van der Waals surface area contributed by atoms with Gasteiger partial charge < -0.3 is 4.74 Å². The van der Waals surface area contributed by atoms with Gasteiger partial charge in [0.1, 0.15) is 6.61 Å². The first-order valence-corrected chi connectivity index (χ1v) is 7.78. The van der Waals surface area contributed by atoms with Gasteiger partial charge in [0.25, 0.3) is 0 Å². The van der Waals surface area contributed by atoms with Gasteiger partial charge in [-0.1, -0.05) is 56.3 Å². The summed E-state index contributed by atoms with van der Waals surface area (Å²) in [6.45, 7) is 9.40.